The van der Waals surface area contributed by atoms with Gasteiger partial charge in [0.1, 0.15) is 6.04 Å². The Hall–Kier alpha value is -1.88. The van der Waals surface area contributed by atoms with Crippen LogP contribution in [0.4, 0.5) is 0 Å². The number of carbonyl (C=O) groups is 2. The number of carboxylic acids is 1. The largest absolute Gasteiger partial charge is 0.481 e. The van der Waals surface area contributed by atoms with Gasteiger partial charge < -0.3 is 15.7 Å². The van der Waals surface area contributed by atoms with Crippen LogP contribution in [0.15, 0.2) is 30.3 Å². The summed E-state index contributed by atoms with van der Waals surface area (Å²) in [6, 6.07) is 8.09. The number of hydrogen-bond acceptors (Lipinski definition) is 3. The Morgan fingerprint density at radius 1 is 1.37 bits per heavy atom. The summed E-state index contributed by atoms with van der Waals surface area (Å²) in [5.41, 5.74) is 6.71. The van der Waals surface area contributed by atoms with Crippen molar-refractivity contribution in [2.45, 2.75) is 25.4 Å². The minimum atomic E-state index is -0.851. The average molecular weight is 262 g/mol. The first-order valence-electron chi connectivity index (χ1n) is 6.36. The number of rotatable bonds is 3. The van der Waals surface area contributed by atoms with Gasteiger partial charge >= 0.3 is 5.97 Å². The molecule has 0 bridgehead atoms. The monoisotopic (exact) mass is 262 g/mol. The highest BCUT2D eigenvalue weighted by Gasteiger charge is 2.39. The van der Waals surface area contributed by atoms with E-state index in [1.807, 2.05) is 18.2 Å². The second-order valence-corrected chi connectivity index (χ2v) is 4.89. The van der Waals surface area contributed by atoms with Crippen molar-refractivity contribution >= 4 is 11.9 Å². The van der Waals surface area contributed by atoms with Gasteiger partial charge in [-0.2, -0.15) is 0 Å². The summed E-state index contributed by atoms with van der Waals surface area (Å²) < 4.78 is 0. The topological polar surface area (TPSA) is 83.6 Å². The molecule has 5 nitrogen and oxygen atoms in total. The zero-order chi connectivity index (χ0) is 14.0. The molecule has 1 aliphatic rings. The molecule has 0 aliphatic carbocycles. The summed E-state index contributed by atoms with van der Waals surface area (Å²) in [5, 5.41) is 9.07. The average Bonchev–Trinajstić information content (AvgIpc) is 2.80. The maximum atomic E-state index is 12.3. The standard InChI is InChI=1S/C14H18N2O3/c1-9-11(14(18)19)7-8-16(9)13(17)12(15)10-5-3-2-4-6-10/h2-6,9,11-12H,7-8,15H2,1H3,(H,18,19)/t9?,11?,12-/m1/s1. The lowest BCUT2D eigenvalue weighted by Gasteiger charge is -2.26. The van der Waals surface area contributed by atoms with Gasteiger partial charge in [-0.05, 0) is 18.9 Å². The molecular weight excluding hydrogens is 244 g/mol. The molecule has 0 aromatic heterocycles. The molecule has 0 saturated carbocycles. The van der Waals surface area contributed by atoms with E-state index in [1.165, 1.54) is 0 Å². The first-order valence-corrected chi connectivity index (χ1v) is 6.36. The van der Waals surface area contributed by atoms with Gasteiger partial charge in [0.05, 0.1) is 5.92 Å². The van der Waals surface area contributed by atoms with Crippen molar-refractivity contribution in [1.82, 2.24) is 4.90 Å². The van der Waals surface area contributed by atoms with Gasteiger partial charge in [0.2, 0.25) is 5.91 Å². The third-order valence-electron chi connectivity index (χ3n) is 3.78. The molecule has 2 rings (SSSR count). The fraction of sp³-hybridized carbons (Fsp3) is 0.429. The molecule has 3 N–H and O–H groups in total. The van der Waals surface area contributed by atoms with Crippen molar-refractivity contribution in [2.24, 2.45) is 11.7 Å². The zero-order valence-corrected chi connectivity index (χ0v) is 10.8. The van der Waals surface area contributed by atoms with Crippen LogP contribution < -0.4 is 5.73 Å². The van der Waals surface area contributed by atoms with Crippen LogP contribution in [0.25, 0.3) is 0 Å². The summed E-state index contributed by atoms with van der Waals surface area (Å²) >= 11 is 0. The minimum Gasteiger partial charge on any atom is -0.481 e. The third kappa shape index (κ3) is 2.61. The fourth-order valence-electron chi connectivity index (χ4n) is 2.56. The van der Waals surface area contributed by atoms with Crippen LogP contribution >= 0.6 is 0 Å². The molecule has 5 heteroatoms. The zero-order valence-electron chi connectivity index (χ0n) is 10.8. The minimum absolute atomic E-state index is 0.206. The van der Waals surface area contributed by atoms with Crippen molar-refractivity contribution < 1.29 is 14.7 Å². The number of carbonyl (C=O) groups excluding carboxylic acids is 1. The Labute approximate surface area is 112 Å². The van der Waals surface area contributed by atoms with E-state index in [9.17, 15) is 9.59 Å². The van der Waals surface area contributed by atoms with Crippen LogP contribution in [-0.2, 0) is 9.59 Å². The van der Waals surface area contributed by atoms with Crippen LogP contribution in [0.5, 0.6) is 0 Å². The number of amides is 1. The molecule has 0 spiro atoms. The van der Waals surface area contributed by atoms with E-state index in [1.54, 1.807) is 24.0 Å². The molecule has 19 heavy (non-hydrogen) atoms. The van der Waals surface area contributed by atoms with Crippen LogP contribution in [0, 0.1) is 5.92 Å². The van der Waals surface area contributed by atoms with E-state index in [-0.39, 0.29) is 11.9 Å². The molecule has 1 saturated heterocycles. The lowest BCUT2D eigenvalue weighted by atomic mass is 10.0. The molecule has 3 atom stereocenters. The number of likely N-dealkylation sites (tertiary alicyclic amines) is 1. The number of carboxylic acid groups (broad SMARTS) is 1. The Bertz CT molecular complexity index is 475. The van der Waals surface area contributed by atoms with E-state index in [0.717, 1.165) is 5.56 Å². The summed E-state index contributed by atoms with van der Waals surface area (Å²) in [6.45, 7) is 2.22. The van der Waals surface area contributed by atoms with Gasteiger partial charge in [-0.15, -0.1) is 0 Å². The van der Waals surface area contributed by atoms with Crippen molar-refractivity contribution in [3.05, 3.63) is 35.9 Å². The van der Waals surface area contributed by atoms with Crippen LogP contribution in [-0.4, -0.2) is 34.5 Å². The van der Waals surface area contributed by atoms with Gasteiger partial charge in [0.15, 0.2) is 0 Å². The molecule has 1 fully saturated rings. The summed E-state index contributed by atoms with van der Waals surface area (Å²) in [5.74, 6) is -1.55. The van der Waals surface area contributed by atoms with Crippen molar-refractivity contribution in [3.8, 4) is 0 Å². The Kier molecular flexibility index (Phi) is 3.85. The van der Waals surface area contributed by atoms with Gasteiger partial charge in [0, 0.05) is 12.6 Å². The molecule has 1 aromatic carbocycles. The highest BCUT2D eigenvalue weighted by Crippen LogP contribution is 2.27. The van der Waals surface area contributed by atoms with E-state index >= 15 is 0 Å². The van der Waals surface area contributed by atoms with Crippen LogP contribution in [0.2, 0.25) is 0 Å². The van der Waals surface area contributed by atoms with E-state index in [0.29, 0.717) is 13.0 Å². The second-order valence-electron chi connectivity index (χ2n) is 4.89. The summed E-state index contributed by atoms with van der Waals surface area (Å²) in [4.78, 5) is 25.0. The fourth-order valence-corrected chi connectivity index (χ4v) is 2.56. The van der Waals surface area contributed by atoms with Crippen molar-refractivity contribution in [1.29, 1.82) is 0 Å². The Morgan fingerprint density at radius 2 is 2.00 bits per heavy atom. The number of aliphatic carboxylic acids is 1. The second kappa shape index (κ2) is 5.40. The highest BCUT2D eigenvalue weighted by molar-refractivity contribution is 5.84. The van der Waals surface area contributed by atoms with Gasteiger partial charge in [-0.1, -0.05) is 30.3 Å². The highest BCUT2D eigenvalue weighted by atomic mass is 16.4. The summed E-state index contributed by atoms with van der Waals surface area (Å²) in [6.07, 6.45) is 0.490. The molecule has 1 heterocycles. The molecule has 0 radical (unpaired) electrons. The van der Waals surface area contributed by atoms with Crippen molar-refractivity contribution in [3.63, 3.8) is 0 Å². The Balaban J connectivity index is 2.11. The molecule has 2 unspecified atom stereocenters. The molecule has 102 valence electrons. The Morgan fingerprint density at radius 3 is 2.53 bits per heavy atom. The first kappa shape index (κ1) is 13.5. The van der Waals surface area contributed by atoms with Crippen molar-refractivity contribution in [2.75, 3.05) is 6.54 Å². The predicted octanol–water partition coefficient (Wildman–Crippen LogP) is 1.01. The van der Waals surface area contributed by atoms with E-state index in [4.69, 9.17) is 10.8 Å². The predicted molar refractivity (Wildman–Crippen MR) is 70.3 cm³/mol. The quantitative estimate of drug-likeness (QED) is 0.851. The number of nitrogens with zero attached hydrogens (tertiary/aromatic N) is 1. The van der Waals surface area contributed by atoms with Gasteiger partial charge in [0.25, 0.3) is 0 Å². The lowest BCUT2D eigenvalue weighted by molar-refractivity contribution is -0.143. The van der Waals surface area contributed by atoms with Crippen LogP contribution in [0.3, 0.4) is 0 Å². The third-order valence-corrected chi connectivity index (χ3v) is 3.78. The smallest absolute Gasteiger partial charge is 0.308 e. The molecular formula is C14H18N2O3. The maximum Gasteiger partial charge on any atom is 0.308 e. The normalized spacial score (nSPS) is 24.2. The number of hydrogen-bond donors (Lipinski definition) is 2. The van der Waals surface area contributed by atoms with Gasteiger partial charge in [-0.25, -0.2) is 0 Å². The first-order chi connectivity index (χ1) is 9.02. The van der Waals surface area contributed by atoms with E-state index < -0.39 is 17.9 Å². The molecule has 1 aliphatic heterocycles. The number of nitrogens with two attached hydrogens (primary N) is 1. The lowest BCUT2D eigenvalue weighted by Crippen LogP contribution is -2.42. The maximum absolute atomic E-state index is 12.3. The SMILES string of the molecule is CC1C(C(=O)O)CCN1C(=O)[C@H](N)c1ccccc1. The summed E-state index contributed by atoms with van der Waals surface area (Å²) in [7, 11) is 0. The van der Waals surface area contributed by atoms with E-state index in [2.05, 4.69) is 0 Å². The van der Waals surface area contributed by atoms with Crippen LogP contribution in [0.1, 0.15) is 24.9 Å². The molecule has 1 aromatic rings. The number of benzene rings is 1. The molecule has 1 amide bonds. The van der Waals surface area contributed by atoms with Gasteiger partial charge in [-0.3, -0.25) is 9.59 Å².